The lowest BCUT2D eigenvalue weighted by Crippen LogP contribution is -1.94. The van der Waals surface area contributed by atoms with E-state index in [1.165, 1.54) is 0 Å². The molecule has 258 valence electrons. The van der Waals surface area contributed by atoms with Gasteiger partial charge in [0.05, 0.1) is 19.8 Å². The summed E-state index contributed by atoms with van der Waals surface area (Å²) in [5, 5.41) is 13.2. The summed E-state index contributed by atoms with van der Waals surface area (Å²) in [5.74, 6) is 4.22. The van der Waals surface area contributed by atoms with Gasteiger partial charge in [-0.3, -0.25) is 0 Å². The van der Waals surface area contributed by atoms with Crippen LogP contribution in [0.3, 0.4) is 0 Å². The van der Waals surface area contributed by atoms with Gasteiger partial charge in [-0.05, 0) is 110 Å². The molecule has 0 N–H and O–H groups in total. The monoisotopic (exact) mass is 681 g/mol. The molecule has 0 atom stereocenters. The van der Waals surface area contributed by atoms with E-state index < -0.39 is 0 Å². The molecule has 0 saturated carbocycles. The van der Waals surface area contributed by atoms with E-state index in [1.807, 2.05) is 109 Å². The third kappa shape index (κ3) is 7.88. The quantitative estimate of drug-likeness (QED) is 0.104. The van der Waals surface area contributed by atoms with Crippen LogP contribution in [0, 0.1) is 0 Å². The maximum Gasteiger partial charge on any atom is 0.167 e. The topological polar surface area (TPSA) is 106 Å². The van der Waals surface area contributed by atoms with E-state index in [2.05, 4.69) is 36.2 Å². The normalized spacial score (nSPS) is 11.1. The Labute approximate surface area is 296 Å². The van der Waals surface area contributed by atoms with Crippen molar-refractivity contribution in [2.24, 2.45) is 0 Å². The van der Waals surface area contributed by atoms with Crippen LogP contribution in [0.4, 0.5) is 0 Å². The highest BCUT2D eigenvalue weighted by atomic mass is 16.5. The van der Waals surface area contributed by atoms with Crippen molar-refractivity contribution in [3.63, 3.8) is 0 Å². The molecule has 3 heterocycles. The Morgan fingerprint density at radius 1 is 0.373 bits per heavy atom. The molecule has 0 aliphatic rings. The molecule has 0 unspecified atom stereocenters. The summed E-state index contributed by atoms with van der Waals surface area (Å²) in [6.45, 7) is 8.27. The van der Waals surface area contributed by atoms with Gasteiger partial charge in [-0.15, -0.1) is 0 Å². The highest BCUT2D eigenvalue weighted by molar-refractivity contribution is 5.80. The van der Waals surface area contributed by atoms with Gasteiger partial charge in [0.1, 0.15) is 34.3 Å². The molecular formula is C42H39N3O6. The van der Waals surface area contributed by atoms with Crippen LogP contribution >= 0.6 is 0 Å². The highest BCUT2D eigenvalue weighted by Gasteiger charge is 2.18. The average Bonchev–Trinajstić information content (AvgIpc) is 3.98. The van der Waals surface area contributed by atoms with Crippen molar-refractivity contribution >= 4 is 0 Å². The fraction of sp³-hybridized carbons (Fsp3) is 0.214. The second-order valence-corrected chi connectivity index (χ2v) is 12.1. The van der Waals surface area contributed by atoms with Gasteiger partial charge in [0.25, 0.3) is 0 Å². The van der Waals surface area contributed by atoms with Crippen LogP contribution < -0.4 is 14.2 Å². The van der Waals surface area contributed by atoms with E-state index in [9.17, 15) is 0 Å². The fourth-order valence-electron chi connectivity index (χ4n) is 5.52. The molecule has 0 fully saturated rings. The van der Waals surface area contributed by atoms with Crippen LogP contribution in [0.2, 0.25) is 0 Å². The number of aromatic nitrogens is 3. The molecule has 7 rings (SSSR count). The molecule has 0 saturated heterocycles. The van der Waals surface area contributed by atoms with Crippen LogP contribution in [0.25, 0.3) is 67.7 Å². The number of rotatable bonds is 15. The summed E-state index contributed by atoms with van der Waals surface area (Å²) >= 11 is 0. The molecule has 51 heavy (non-hydrogen) atoms. The van der Waals surface area contributed by atoms with Gasteiger partial charge in [0, 0.05) is 51.6 Å². The van der Waals surface area contributed by atoms with E-state index in [4.69, 9.17) is 27.8 Å². The molecule has 7 aromatic rings. The van der Waals surface area contributed by atoms with Gasteiger partial charge in [-0.2, -0.15) is 0 Å². The minimum Gasteiger partial charge on any atom is -0.494 e. The number of ether oxygens (including phenoxy) is 3. The summed E-state index contributed by atoms with van der Waals surface area (Å²) in [6, 6.07) is 35.3. The van der Waals surface area contributed by atoms with Gasteiger partial charge in [-0.1, -0.05) is 36.2 Å². The summed E-state index contributed by atoms with van der Waals surface area (Å²) in [5.41, 5.74) is 7.24. The maximum atomic E-state index is 5.91. The van der Waals surface area contributed by atoms with Gasteiger partial charge >= 0.3 is 0 Å². The van der Waals surface area contributed by atoms with E-state index >= 15 is 0 Å². The lowest BCUT2D eigenvalue weighted by Gasteiger charge is -2.05. The largest absolute Gasteiger partial charge is 0.494 e. The Morgan fingerprint density at radius 2 is 0.647 bits per heavy atom. The van der Waals surface area contributed by atoms with Crippen molar-refractivity contribution in [2.45, 2.75) is 40.0 Å². The first-order chi connectivity index (χ1) is 25.1. The maximum absolute atomic E-state index is 5.91. The minimum atomic E-state index is 0.587. The molecule has 9 heteroatoms. The first-order valence-corrected chi connectivity index (χ1v) is 17.4. The lowest BCUT2D eigenvalue weighted by atomic mass is 9.99. The van der Waals surface area contributed by atoms with E-state index in [1.54, 1.807) is 0 Å². The number of hydrogen-bond acceptors (Lipinski definition) is 9. The van der Waals surface area contributed by atoms with Crippen molar-refractivity contribution in [3.8, 4) is 85.0 Å². The molecular weight excluding hydrogens is 642 g/mol. The van der Waals surface area contributed by atoms with Crippen LogP contribution in [0.1, 0.15) is 40.0 Å². The van der Waals surface area contributed by atoms with Gasteiger partial charge in [0.2, 0.25) is 0 Å². The van der Waals surface area contributed by atoms with Crippen LogP contribution in [-0.2, 0) is 0 Å². The van der Waals surface area contributed by atoms with E-state index in [0.29, 0.717) is 54.2 Å². The number of hydrogen-bond donors (Lipinski definition) is 0. The predicted molar refractivity (Wildman–Crippen MR) is 197 cm³/mol. The first kappa shape index (κ1) is 33.4. The first-order valence-electron chi connectivity index (χ1n) is 17.4. The predicted octanol–water partition coefficient (Wildman–Crippen LogP) is 11.0. The smallest absolute Gasteiger partial charge is 0.167 e. The van der Waals surface area contributed by atoms with E-state index in [-0.39, 0.29) is 0 Å². The van der Waals surface area contributed by atoms with Crippen molar-refractivity contribution in [1.29, 1.82) is 0 Å². The molecule has 0 bridgehead atoms. The van der Waals surface area contributed by atoms with E-state index in [0.717, 1.165) is 69.9 Å². The van der Waals surface area contributed by atoms with Crippen LogP contribution in [0.5, 0.6) is 17.2 Å². The van der Waals surface area contributed by atoms with Crippen LogP contribution in [0.15, 0.2) is 123 Å². The summed E-state index contributed by atoms with van der Waals surface area (Å²) in [7, 11) is 0. The fourth-order valence-corrected chi connectivity index (χ4v) is 5.52. The standard InChI is InChI=1S/C42H39N3O6/c1-4-19-46-34-13-7-28(8-14-34)37-25-40(49-43-37)31-22-32(41-26-38(44-50-41)29-9-15-35(16-10-29)47-20-5-2)24-33(23-31)42-27-39(45-51-42)30-11-17-36(18-12-30)48-21-6-3/h7-18,22-27H,4-6,19-21H2,1-3H3. The van der Waals surface area contributed by atoms with Crippen molar-refractivity contribution in [2.75, 3.05) is 19.8 Å². The second-order valence-electron chi connectivity index (χ2n) is 12.1. The van der Waals surface area contributed by atoms with Gasteiger partial charge in [-0.25, -0.2) is 0 Å². The van der Waals surface area contributed by atoms with Crippen molar-refractivity contribution < 1.29 is 27.8 Å². The lowest BCUT2D eigenvalue weighted by molar-refractivity contribution is 0.317. The zero-order valence-electron chi connectivity index (χ0n) is 28.9. The summed E-state index contributed by atoms with van der Waals surface area (Å²) in [4.78, 5) is 0. The third-order valence-electron chi connectivity index (χ3n) is 8.19. The molecule has 0 aliphatic heterocycles. The second kappa shape index (κ2) is 15.6. The Morgan fingerprint density at radius 3 is 0.902 bits per heavy atom. The van der Waals surface area contributed by atoms with Gasteiger partial charge in [0.15, 0.2) is 17.3 Å². The average molecular weight is 682 g/mol. The molecule has 0 spiro atoms. The molecule has 0 amide bonds. The minimum absolute atomic E-state index is 0.587. The molecule has 0 aliphatic carbocycles. The zero-order chi connectivity index (χ0) is 35.0. The number of benzene rings is 4. The SMILES string of the molecule is CCCOc1ccc(-c2cc(-c3cc(-c4cc(-c5ccc(OCCC)cc5)no4)cc(-c4cc(-c5ccc(OCCC)cc5)no4)c3)on2)cc1. The molecule has 3 aromatic heterocycles. The molecule has 9 nitrogen and oxygen atoms in total. The third-order valence-corrected chi connectivity index (χ3v) is 8.19. The summed E-state index contributed by atoms with van der Waals surface area (Å²) in [6.07, 6.45) is 2.84. The molecule has 4 aromatic carbocycles. The Hall–Kier alpha value is -6.09. The zero-order valence-corrected chi connectivity index (χ0v) is 28.9. The molecule has 0 radical (unpaired) electrons. The van der Waals surface area contributed by atoms with Crippen LogP contribution in [-0.4, -0.2) is 35.3 Å². The highest BCUT2D eigenvalue weighted by Crippen LogP contribution is 2.37. The summed E-state index contributed by atoms with van der Waals surface area (Å²) < 4.78 is 35.0. The Balaban J connectivity index is 1.22. The Kier molecular flexibility index (Phi) is 10.2. The number of nitrogens with zero attached hydrogens (tertiary/aromatic N) is 3. The Bertz CT molecular complexity index is 1900. The van der Waals surface area contributed by atoms with Gasteiger partial charge < -0.3 is 27.8 Å². The van der Waals surface area contributed by atoms with Crippen molar-refractivity contribution in [3.05, 3.63) is 109 Å². The van der Waals surface area contributed by atoms with Crippen molar-refractivity contribution in [1.82, 2.24) is 15.5 Å².